The molecule has 1 aliphatic heterocycles. The third-order valence-corrected chi connectivity index (χ3v) is 7.46. The van der Waals surface area contributed by atoms with E-state index >= 15 is 0 Å². The van der Waals surface area contributed by atoms with Gasteiger partial charge >= 0.3 is 0 Å². The number of allylic oxidation sites excluding steroid dienone is 1. The fraction of sp³-hybridized carbons (Fsp3) is 0.440. The Kier molecular flexibility index (Phi) is 4.93. The minimum atomic E-state index is -0.150. The first kappa shape index (κ1) is 20.9. The van der Waals surface area contributed by atoms with Gasteiger partial charge in [-0.05, 0) is 49.7 Å². The van der Waals surface area contributed by atoms with Crippen LogP contribution in [0.15, 0.2) is 37.1 Å². The number of carbonyl (C=O) groups is 1. The number of nitrogens with zero attached hydrogens (tertiary/aromatic N) is 6. The molecule has 34 heavy (non-hydrogen) atoms. The van der Waals surface area contributed by atoms with E-state index in [1.807, 2.05) is 18.5 Å². The van der Waals surface area contributed by atoms with Crippen LogP contribution in [0, 0.1) is 11.8 Å². The molecular formula is C25H29N7O2. The Morgan fingerprint density at radius 1 is 1.29 bits per heavy atom. The van der Waals surface area contributed by atoms with Crippen molar-refractivity contribution >= 4 is 17.3 Å². The van der Waals surface area contributed by atoms with Gasteiger partial charge in [0.1, 0.15) is 5.82 Å². The summed E-state index contributed by atoms with van der Waals surface area (Å²) < 4.78 is 3.76. The maximum Gasteiger partial charge on any atom is 0.255 e. The van der Waals surface area contributed by atoms with E-state index in [9.17, 15) is 9.90 Å². The lowest BCUT2D eigenvalue weighted by Crippen LogP contribution is -2.27. The minimum Gasteiger partial charge on any atom is -0.515 e. The van der Waals surface area contributed by atoms with Crippen LogP contribution in [-0.2, 0) is 20.0 Å². The van der Waals surface area contributed by atoms with E-state index in [-0.39, 0.29) is 11.9 Å². The van der Waals surface area contributed by atoms with Gasteiger partial charge in [0.2, 0.25) is 0 Å². The van der Waals surface area contributed by atoms with Crippen molar-refractivity contribution in [1.82, 2.24) is 29.6 Å². The molecule has 9 heteroatoms. The standard InChI is InChI=1S/C25H29N7O2/c1-15(13-33)23-16(3-6-22(29-23)31-9-17-7-18(17)10-31)11-32-12-19(8-27-32)25(34)28-20-4-5-21-24(20)26-14-30(21)2/h3,6,8,12-14,17-18,20,33H,4-5,7,9-11H2,1-2H3,(H,28,34)/t17?,18?,20-/m1/s1. The molecule has 1 saturated heterocycles. The first-order valence-corrected chi connectivity index (χ1v) is 11.9. The average molecular weight is 460 g/mol. The highest BCUT2D eigenvalue weighted by Crippen LogP contribution is 2.46. The number of hydrogen-bond donors (Lipinski definition) is 2. The van der Waals surface area contributed by atoms with Gasteiger partial charge in [-0.3, -0.25) is 9.48 Å². The fourth-order valence-corrected chi connectivity index (χ4v) is 5.38. The molecule has 2 N–H and O–H groups in total. The molecule has 2 aliphatic carbocycles. The molecule has 0 aromatic carbocycles. The number of carbonyl (C=O) groups excluding carboxylic acids is 1. The van der Waals surface area contributed by atoms with Crippen LogP contribution in [0.3, 0.4) is 0 Å². The van der Waals surface area contributed by atoms with E-state index in [0.29, 0.717) is 17.7 Å². The Morgan fingerprint density at radius 2 is 2.12 bits per heavy atom. The summed E-state index contributed by atoms with van der Waals surface area (Å²) in [5, 5.41) is 17.2. The smallest absolute Gasteiger partial charge is 0.255 e. The lowest BCUT2D eigenvalue weighted by Gasteiger charge is -2.21. The van der Waals surface area contributed by atoms with Crippen LogP contribution in [0.1, 0.15) is 58.8 Å². The third kappa shape index (κ3) is 3.65. The number of piperidine rings is 1. The number of aromatic nitrogens is 5. The van der Waals surface area contributed by atoms with Crippen molar-refractivity contribution in [2.24, 2.45) is 18.9 Å². The summed E-state index contributed by atoms with van der Waals surface area (Å²) in [5.41, 5.74) is 5.07. The van der Waals surface area contributed by atoms with Gasteiger partial charge in [0.05, 0.1) is 48.3 Å². The van der Waals surface area contributed by atoms with Crippen LogP contribution < -0.4 is 10.2 Å². The average Bonchev–Trinajstić information content (AvgIpc) is 3.31. The number of amides is 1. The molecule has 2 unspecified atom stereocenters. The second-order valence-corrected chi connectivity index (χ2v) is 9.83. The van der Waals surface area contributed by atoms with Crippen molar-refractivity contribution in [3.05, 3.63) is 65.3 Å². The number of hydrogen-bond acceptors (Lipinski definition) is 6. The Bertz CT molecular complexity index is 1280. The highest BCUT2D eigenvalue weighted by molar-refractivity contribution is 5.94. The summed E-state index contributed by atoms with van der Waals surface area (Å²) in [6, 6.07) is 4.04. The van der Waals surface area contributed by atoms with Crippen LogP contribution in [0.25, 0.3) is 5.57 Å². The van der Waals surface area contributed by atoms with Crippen molar-refractivity contribution in [3.63, 3.8) is 0 Å². The van der Waals surface area contributed by atoms with Gasteiger partial charge in [-0.2, -0.15) is 5.10 Å². The zero-order chi connectivity index (χ0) is 23.4. The molecule has 4 heterocycles. The Labute approximate surface area is 198 Å². The number of aliphatic hydroxyl groups is 1. The van der Waals surface area contributed by atoms with Gasteiger partial charge in [0, 0.05) is 37.6 Å². The van der Waals surface area contributed by atoms with E-state index in [1.165, 1.54) is 12.1 Å². The van der Waals surface area contributed by atoms with E-state index in [4.69, 9.17) is 4.98 Å². The number of aryl methyl sites for hydroxylation is 1. The van der Waals surface area contributed by atoms with Crippen molar-refractivity contribution in [1.29, 1.82) is 0 Å². The van der Waals surface area contributed by atoms with Gasteiger partial charge in [0.25, 0.3) is 5.91 Å². The first-order chi connectivity index (χ1) is 16.5. The molecule has 3 aliphatic rings. The summed E-state index contributed by atoms with van der Waals surface area (Å²) in [4.78, 5) is 24.5. The van der Waals surface area contributed by atoms with Crippen molar-refractivity contribution in [2.75, 3.05) is 18.0 Å². The molecular weight excluding hydrogens is 430 g/mol. The summed E-state index contributed by atoms with van der Waals surface area (Å²) in [7, 11) is 1.98. The molecule has 1 saturated carbocycles. The zero-order valence-electron chi connectivity index (χ0n) is 19.5. The monoisotopic (exact) mass is 459 g/mol. The summed E-state index contributed by atoms with van der Waals surface area (Å²) in [6.07, 6.45) is 9.37. The number of fused-ring (bicyclic) bond motifs is 2. The number of rotatable bonds is 6. The number of anilines is 1. The fourth-order valence-electron chi connectivity index (χ4n) is 5.38. The lowest BCUT2D eigenvalue weighted by atomic mass is 10.1. The molecule has 3 aromatic rings. The highest BCUT2D eigenvalue weighted by Gasteiger charge is 2.45. The van der Waals surface area contributed by atoms with Crippen LogP contribution in [0.5, 0.6) is 0 Å². The van der Waals surface area contributed by atoms with Crippen LogP contribution in [-0.4, -0.2) is 48.4 Å². The molecule has 3 aromatic heterocycles. The van der Waals surface area contributed by atoms with Gasteiger partial charge in [-0.15, -0.1) is 0 Å². The normalized spacial score (nSPS) is 23.2. The summed E-state index contributed by atoms with van der Waals surface area (Å²) in [5.74, 6) is 2.45. The maximum absolute atomic E-state index is 12.9. The first-order valence-electron chi connectivity index (χ1n) is 11.9. The molecule has 176 valence electrons. The zero-order valence-corrected chi connectivity index (χ0v) is 19.5. The lowest BCUT2D eigenvalue weighted by molar-refractivity contribution is 0.0936. The number of nitrogens with one attached hydrogen (secondary N) is 1. The Balaban J connectivity index is 1.18. The quantitative estimate of drug-likeness (QED) is 0.550. The Hall–Kier alpha value is -3.62. The van der Waals surface area contributed by atoms with E-state index in [2.05, 4.69) is 32.4 Å². The summed E-state index contributed by atoms with van der Waals surface area (Å²) in [6.45, 7) is 4.45. The molecule has 9 nitrogen and oxygen atoms in total. The number of imidazole rings is 1. The van der Waals surface area contributed by atoms with E-state index in [0.717, 1.165) is 66.8 Å². The molecule has 2 fully saturated rings. The van der Waals surface area contributed by atoms with Crippen molar-refractivity contribution in [3.8, 4) is 0 Å². The number of aliphatic hydroxyl groups excluding tert-OH is 1. The van der Waals surface area contributed by atoms with E-state index in [1.54, 1.807) is 23.4 Å². The van der Waals surface area contributed by atoms with Crippen LogP contribution in [0.2, 0.25) is 0 Å². The van der Waals surface area contributed by atoms with Gasteiger partial charge in [-0.25, -0.2) is 9.97 Å². The van der Waals surface area contributed by atoms with Gasteiger partial charge in [-0.1, -0.05) is 6.07 Å². The van der Waals surface area contributed by atoms with Crippen molar-refractivity contribution in [2.45, 2.75) is 38.8 Å². The second-order valence-electron chi connectivity index (χ2n) is 9.83. The van der Waals surface area contributed by atoms with Gasteiger partial charge < -0.3 is 19.9 Å². The predicted octanol–water partition coefficient (Wildman–Crippen LogP) is 2.85. The van der Waals surface area contributed by atoms with Crippen molar-refractivity contribution < 1.29 is 9.90 Å². The molecule has 6 rings (SSSR count). The molecule has 1 amide bonds. The highest BCUT2D eigenvalue weighted by atomic mass is 16.2. The SMILES string of the molecule is CC(=CO)c1nc(N2CC3CC3C2)ccc1Cn1cc(C(=O)N[C@@H]2CCc3c2ncn3C)cn1. The Morgan fingerprint density at radius 3 is 2.91 bits per heavy atom. The summed E-state index contributed by atoms with van der Waals surface area (Å²) >= 11 is 0. The topological polar surface area (TPSA) is 101 Å². The maximum atomic E-state index is 12.9. The van der Waals surface area contributed by atoms with Gasteiger partial charge in [0.15, 0.2) is 0 Å². The molecule has 3 atom stereocenters. The van der Waals surface area contributed by atoms with E-state index < -0.39 is 0 Å². The largest absolute Gasteiger partial charge is 0.515 e. The third-order valence-electron chi connectivity index (χ3n) is 7.46. The van der Waals surface area contributed by atoms with Crippen LogP contribution in [0.4, 0.5) is 5.82 Å². The second kappa shape index (κ2) is 8.00. The molecule has 0 bridgehead atoms. The molecule has 0 radical (unpaired) electrons. The number of pyridine rings is 1. The predicted molar refractivity (Wildman–Crippen MR) is 127 cm³/mol. The minimum absolute atomic E-state index is 0.0654. The van der Waals surface area contributed by atoms with Crippen LogP contribution >= 0.6 is 0 Å². The molecule has 0 spiro atoms.